The van der Waals surface area contributed by atoms with Crippen LogP contribution < -0.4 is 11.1 Å². The summed E-state index contributed by atoms with van der Waals surface area (Å²) in [5, 5.41) is 47.8. The number of phenolic OH excluding ortho intramolecular Hbond substituents is 1. The standard InChI is InChI=1S/C30H37FN4O8/c1-5-7-35(8-6-2)16-11-14-20(31)13-9-12-10-15-22(34(3)4)25(38)19(28(32)41)27(40)30(15,43)26(39)17(12)23(36)18(13)24(37)21(14)33-29(16)42/h12,15-16,22,37-39,43H,5-11H2,1-4H3,(H2,32,41)(H,33,42)/t12-,15-,16?,22+,30+/m1/s1. The Bertz CT molecular complexity index is 1510. The molecule has 43 heavy (non-hydrogen) atoms. The highest BCUT2D eigenvalue weighted by Crippen LogP contribution is 2.54. The largest absolute Gasteiger partial charge is 0.510 e. The minimum absolute atomic E-state index is 0.0191. The van der Waals surface area contributed by atoms with Gasteiger partial charge in [0.2, 0.25) is 11.7 Å². The average molecular weight is 601 g/mol. The molecule has 3 aliphatic carbocycles. The molecule has 0 spiro atoms. The number of hydrogen-bond donors (Lipinski definition) is 6. The van der Waals surface area contributed by atoms with Crippen molar-refractivity contribution in [1.82, 2.24) is 9.80 Å². The number of phenols is 1. The Hall–Kier alpha value is -3.81. The van der Waals surface area contributed by atoms with Crippen LogP contribution in [-0.4, -0.2) is 98.5 Å². The fourth-order valence-corrected chi connectivity index (χ4v) is 7.51. The molecule has 0 saturated heterocycles. The summed E-state index contributed by atoms with van der Waals surface area (Å²) >= 11 is 0. The maximum atomic E-state index is 16.3. The van der Waals surface area contributed by atoms with E-state index in [1.165, 1.54) is 19.0 Å². The molecule has 1 aliphatic heterocycles. The average Bonchev–Trinajstić information content (AvgIpc) is 2.93. The van der Waals surface area contributed by atoms with Crippen LogP contribution in [0, 0.1) is 17.7 Å². The molecule has 1 aromatic rings. The SMILES string of the molecule is CCCN(CCC)C1Cc2c(F)c3c(c(O)c2NC1=O)C(=O)C1=C(O)[C@]2(O)C(=O)C(C(N)=O)=C(O)[C@@H](N(C)C)[C@H]2C[C@H]1C3. The lowest BCUT2D eigenvalue weighted by molar-refractivity contribution is -0.148. The zero-order chi connectivity index (χ0) is 31.7. The summed E-state index contributed by atoms with van der Waals surface area (Å²) in [4.78, 5) is 56.0. The van der Waals surface area contributed by atoms with E-state index in [9.17, 15) is 39.6 Å². The van der Waals surface area contributed by atoms with Crippen LogP contribution >= 0.6 is 0 Å². The minimum atomic E-state index is -2.80. The first kappa shape index (κ1) is 30.6. The van der Waals surface area contributed by atoms with Crippen molar-refractivity contribution in [2.75, 3.05) is 32.5 Å². The van der Waals surface area contributed by atoms with Crippen molar-refractivity contribution < 1.29 is 44.0 Å². The molecule has 232 valence electrons. The number of nitrogens with two attached hydrogens (primary N) is 1. The molecular formula is C30H37FN4O8. The fraction of sp³-hybridized carbons (Fsp3) is 0.533. The van der Waals surface area contributed by atoms with E-state index in [-0.39, 0.29) is 36.1 Å². The number of carbonyl (C=O) groups excluding carboxylic acids is 4. The molecule has 12 nitrogen and oxygen atoms in total. The number of ketones is 2. The second-order valence-corrected chi connectivity index (χ2v) is 12.1. The molecule has 5 atom stereocenters. The zero-order valence-electron chi connectivity index (χ0n) is 24.5. The number of rotatable bonds is 7. The maximum absolute atomic E-state index is 16.3. The molecule has 1 unspecified atom stereocenters. The number of aliphatic hydroxyl groups excluding tert-OH is 2. The van der Waals surface area contributed by atoms with Crippen LogP contribution in [0.15, 0.2) is 22.7 Å². The molecule has 0 aromatic heterocycles. The lowest BCUT2D eigenvalue weighted by atomic mass is 9.58. The number of benzene rings is 1. The Labute approximate surface area is 247 Å². The van der Waals surface area contributed by atoms with Crippen LogP contribution in [-0.2, 0) is 27.2 Å². The van der Waals surface area contributed by atoms with E-state index >= 15 is 4.39 Å². The number of Topliss-reactive ketones (excluding diaryl/α,β-unsaturated/α-hetero) is 2. The number of carbonyl (C=O) groups is 4. The van der Waals surface area contributed by atoms with Crippen LogP contribution in [0.5, 0.6) is 5.75 Å². The molecule has 0 bridgehead atoms. The summed E-state index contributed by atoms with van der Waals surface area (Å²) in [6, 6.07) is -1.82. The minimum Gasteiger partial charge on any atom is -0.510 e. The number of hydrogen-bond acceptors (Lipinski definition) is 10. The fourth-order valence-electron chi connectivity index (χ4n) is 7.51. The highest BCUT2D eigenvalue weighted by Gasteiger charge is 2.63. The molecule has 0 saturated carbocycles. The normalized spacial score (nSPS) is 28.5. The number of likely N-dealkylation sites (N-methyl/N-ethyl adjacent to an activating group) is 1. The van der Waals surface area contributed by atoms with Gasteiger partial charge in [0.15, 0.2) is 17.1 Å². The van der Waals surface area contributed by atoms with Crippen LogP contribution in [0.1, 0.15) is 54.6 Å². The summed E-state index contributed by atoms with van der Waals surface area (Å²) < 4.78 is 16.3. The van der Waals surface area contributed by atoms with Gasteiger partial charge in [0.1, 0.15) is 22.9 Å². The summed E-state index contributed by atoms with van der Waals surface area (Å²) in [5.41, 5.74) is 0.520. The Balaban J connectivity index is 1.65. The lowest BCUT2D eigenvalue weighted by Crippen LogP contribution is -2.63. The van der Waals surface area contributed by atoms with Gasteiger partial charge in [-0.05, 0) is 58.8 Å². The first-order valence-corrected chi connectivity index (χ1v) is 14.5. The monoisotopic (exact) mass is 600 g/mol. The van der Waals surface area contributed by atoms with Gasteiger partial charge in [-0.3, -0.25) is 29.0 Å². The number of fused-ring (bicyclic) bond motifs is 4. The van der Waals surface area contributed by atoms with E-state index in [2.05, 4.69) is 5.32 Å². The Kier molecular flexibility index (Phi) is 7.64. The molecule has 1 aromatic carbocycles. The third-order valence-electron chi connectivity index (χ3n) is 9.33. The molecule has 2 amide bonds. The van der Waals surface area contributed by atoms with Crippen molar-refractivity contribution in [2.24, 2.45) is 17.6 Å². The van der Waals surface area contributed by atoms with Gasteiger partial charge < -0.3 is 31.5 Å². The van der Waals surface area contributed by atoms with Gasteiger partial charge >= 0.3 is 0 Å². The predicted octanol–water partition coefficient (Wildman–Crippen LogP) is 1.24. The van der Waals surface area contributed by atoms with Crippen molar-refractivity contribution in [1.29, 1.82) is 0 Å². The number of anilines is 1. The summed E-state index contributed by atoms with van der Waals surface area (Å²) in [7, 11) is 3.06. The third kappa shape index (κ3) is 4.27. The molecule has 1 heterocycles. The number of allylic oxidation sites excluding steroid dienone is 1. The summed E-state index contributed by atoms with van der Waals surface area (Å²) in [6.07, 6.45) is 1.21. The highest BCUT2D eigenvalue weighted by atomic mass is 19.1. The maximum Gasteiger partial charge on any atom is 0.255 e. The van der Waals surface area contributed by atoms with E-state index in [0.29, 0.717) is 13.1 Å². The molecule has 13 heteroatoms. The van der Waals surface area contributed by atoms with Gasteiger partial charge in [0.05, 0.1) is 23.3 Å². The van der Waals surface area contributed by atoms with Crippen LogP contribution in [0.2, 0.25) is 0 Å². The van der Waals surface area contributed by atoms with Crippen LogP contribution in [0.3, 0.4) is 0 Å². The van der Waals surface area contributed by atoms with Crippen molar-refractivity contribution in [3.63, 3.8) is 0 Å². The first-order valence-electron chi connectivity index (χ1n) is 14.5. The second-order valence-electron chi connectivity index (χ2n) is 12.1. The van der Waals surface area contributed by atoms with Crippen molar-refractivity contribution in [2.45, 2.75) is 63.6 Å². The van der Waals surface area contributed by atoms with Crippen molar-refractivity contribution >= 4 is 29.1 Å². The quantitative estimate of drug-likeness (QED) is 0.196. The Morgan fingerprint density at radius 2 is 1.70 bits per heavy atom. The predicted molar refractivity (Wildman–Crippen MR) is 152 cm³/mol. The van der Waals surface area contributed by atoms with Crippen molar-refractivity contribution in [3.05, 3.63) is 45.2 Å². The van der Waals surface area contributed by atoms with Gasteiger partial charge in [-0.25, -0.2) is 4.39 Å². The van der Waals surface area contributed by atoms with Crippen molar-refractivity contribution in [3.8, 4) is 5.75 Å². The zero-order valence-corrected chi connectivity index (χ0v) is 24.5. The molecule has 0 radical (unpaired) electrons. The number of primary amides is 1. The topological polar surface area (TPSA) is 194 Å². The number of aromatic hydroxyl groups is 1. The van der Waals surface area contributed by atoms with Gasteiger partial charge in [0.25, 0.3) is 5.91 Å². The smallest absolute Gasteiger partial charge is 0.255 e. The number of nitrogens with one attached hydrogen (secondary N) is 1. The Morgan fingerprint density at radius 3 is 2.26 bits per heavy atom. The lowest BCUT2D eigenvalue weighted by Gasteiger charge is -2.50. The number of nitrogens with zero attached hydrogens (tertiary/aromatic N) is 2. The number of halogens is 1. The second kappa shape index (κ2) is 10.7. The first-order chi connectivity index (χ1) is 20.2. The van der Waals surface area contributed by atoms with Gasteiger partial charge in [-0.2, -0.15) is 0 Å². The summed E-state index contributed by atoms with van der Waals surface area (Å²) in [6.45, 7) is 5.18. The van der Waals surface area contributed by atoms with Gasteiger partial charge in [-0.15, -0.1) is 0 Å². The van der Waals surface area contributed by atoms with E-state index in [4.69, 9.17) is 5.73 Å². The molecule has 7 N–H and O–H groups in total. The Morgan fingerprint density at radius 1 is 1.07 bits per heavy atom. The third-order valence-corrected chi connectivity index (χ3v) is 9.33. The molecule has 5 rings (SSSR count). The van der Waals surface area contributed by atoms with Gasteiger partial charge in [-0.1, -0.05) is 13.8 Å². The number of aliphatic hydroxyl groups is 3. The van der Waals surface area contributed by atoms with E-state index in [1.54, 1.807) is 0 Å². The van der Waals surface area contributed by atoms with E-state index in [1.807, 2.05) is 18.7 Å². The highest BCUT2D eigenvalue weighted by molar-refractivity contribution is 6.25. The van der Waals surface area contributed by atoms with Crippen LogP contribution in [0.4, 0.5) is 10.1 Å². The van der Waals surface area contributed by atoms with Gasteiger partial charge in [0, 0.05) is 29.0 Å². The van der Waals surface area contributed by atoms with E-state index < -0.39 is 92.7 Å². The molecule has 0 fully saturated rings. The van der Waals surface area contributed by atoms with E-state index in [0.717, 1.165) is 12.8 Å². The molecular weight excluding hydrogens is 563 g/mol. The van der Waals surface area contributed by atoms with Crippen LogP contribution in [0.25, 0.3) is 0 Å². The number of amides is 2. The molecule has 4 aliphatic rings. The summed E-state index contributed by atoms with van der Waals surface area (Å²) in [5.74, 6) is -9.39.